The van der Waals surface area contributed by atoms with Crippen molar-refractivity contribution in [1.29, 1.82) is 0 Å². The average molecular weight is 506 g/mol. The molecular formula is C27H26F3N7. The van der Waals surface area contributed by atoms with Crippen LogP contribution in [0.3, 0.4) is 0 Å². The van der Waals surface area contributed by atoms with Crippen molar-refractivity contribution >= 4 is 34.2 Å². The number of likely N-dealkylation sites (N-methyl/N-ethyl adjacent to an activating group) is 1. The number of allylic oxidation sites excluding steroid dienone is 1. The maximum Gasteiger partial charge on any atom is 0.417 e. The number of halogens is 3. The van der Waals surface area contributed by atoms with Crippen molar-refractivity contribution in [2.75, 3.05) is 32.5 Å². The third-order valence-corrected chi connectivity index (χ3v) is 5.59. The maximum absolute atomic E-state index is 13.5. The van der Waals surface area contributed by atoms with Crippen molar-refractivity contribution in [2.24, 2.45) is 10.7 Å². The first kappa shape index (κ1) is 25.8. The Hall–Kier alpha value is -4.31. The van der Waals surface area contributed by atoms with Crippen molar-refractivity contribution in [2.45, 2.75) is 6.18 Å². The Morgan fingerprint density at radius 2 is 1.86 bits per heavy atom. The summed E-state index contributed by atoms with van der Waals surface area (Å²) < 4.78 is 40.5. The molecule has 7 nitrogen and oxygen atoms in total. The van der Waals surface area contributed by atoms with Gasteiger partial charge in [0.15, 0.2) is 0 Å². The fourth-order valence-corrected chi connectivity index (χ4v) is 3.72. The van der Waals surface area contributed by atoms with Crippen LogP contribution in [0.1, 0.15) is 11.1 Å². The summed E-state index contributed by atoms with van der Waals surface area (Å²) in [6.45, 7) is 1.47. The number of aromatic nitrogens is 3. The van der Waals surface area contributed by atoms with Crippen LogP contribution < -0.4 is 11.1 Å². The summed E-state index contributed by atoms with van der Waals surface area (Å²) >= 11 is 0. The van der Waals surface area contributed by atoms with Crippen molar-refractivity contribution in [3.63, 3.8) is 0 Å². The first-order valence-electron chi connectivity index (χ1n) is 11.5. The van der Waals surface area contributed by atoms with E-state index in [0.717, 1.165) is 29.1 Å². The third-order valence-electron chi connectivity index (χ3n) is 5.59. The Labute approximate surface area is 212 Å². The minimum atomic E-state index is -4.49. The van der Waals surface area contributed by atoms with Gasteiger partial charge in [-0.05, 0) is 50.0 Å². The molecule has 0 saturated heterocycles. The zero-order valence-corrected chi connectivity index (χ0v) is 20.4. The summed E-state index contributed by atoms with van der Waals surface area (Å²) in [6.07, 6.45) is 1.63. The number of benzene rings is 2. The zero-order valence-electron chi connectivity index (χ0n) is 20.4. The quantitative estimate of drug-likeness (QED) is 0.312. The summed E-state index contributed by atoms with van der Waals surface area (Å²) in [5.74, 6) is 0.510. The molecule has 3 N–H and O–H groups in total. The van der Waals surface area contributed by atoms with Gasteiger partial charge in [0.05, 0.1) is 23.3 Å². The number of nitrogens with two attached hydrogens (primary N) is 1. The van der Waals surface area contributed by atoms with Crippen molar-refractivity contribution in [1.82, 2.24) is 19.9 Å². The van der Waals surface area contributed by atoms with E-state index in [-0.39, 0.29) is 11.3 Å². The van der Waals surface area contributed by atoms with Crippen LogP contribution in [0, 0.1) is 0 Å². The summed E-state index contributed by atoms with van der Waals surface area (Å²) in [7, 11) is 3.97. The highest BCUT2D eigenvalue weighted by Gasteiger charge is 2.33. The normalized spacial score (nSPS) is 12.5. The summed E-state index contributed by atoms with van der Waals surface area (Å²) in [6, 6.07) is 14.2. The number of anilines is 2. The van der Waals surface area contributed by atoms with E-state index in [0.29, 0.717) is 23.6 Å². The van der Waals surface area contributed by atoms with Gasteiger partial charge < -0.3 is 16.0 Å². The molecule has 4 rings (SSSR count). The number of hydrogen-bond donors (Lipinski definition) is 2. The van der Waals surface area contributed by atoms with Gasteiger partial charge in [-0.3, -0.25) is 9.98 Å². The Morgan fingerprint density at radius 3 is 2.62 bits per heavy atom. The lowest BCUT2D eigenvalue weighted by atomic mass is 10.0. The summed E-state index contributed by atoms with van der Waals surface area (Å²) in [5, 5.41) is 3.93. The van der Waals surface area contributed by atoms with E-state index in [1.807, 2.05) is 37.2 Å². The predicted octanol–water partition coefficient (Wildman–Crippen LogP) is 5.39. The molecule has 0 spiro atoms. The number of aliphatic imine (C=N–C) groups is 1. The van der Waals surface area contributed by atoms with Crippen molar-refractivity contribution in [3.05, 3.63) is 84.4 Å². The fourth-order valence-electron chi connectivity index (χ4n) is 3.72. The van der Waals surface area contributed by atoms with Gasteiger partial charge in [0.1, 0.15) is 12.1 Å². The van der Waals surface area contributed by atoms with E-state index >= 15 is 0 Å². The number of pyridine rings is 1. The average Bonchev–Trinajstić information content (AvgIpc) is 2.88. The largest absolute Gasteiger partial charge is 0.417 e. The molecule has 0 atom stereocenters. The SMILES string of the molecule is CN(C)CCN=CC(=CN)c1ccc2c(Nc3ccnc(-c4ccccc4C(F)(F)F)c3)ncnc2c1. The minimum Gasteiger partial charge on any atom is -0.404 e. The van der Waals surface area contributed by atoms with Gasteiger partial charge in [-0.25, -0.2) is 9.97 Å². The third kappa shape index (κ3) is 6.28. The molecule has 0 saturated carbocycles. The van der Waals surface area contributed by atoms with Gasteiger partial charge in [0.2, 0.25) is 0 Å². The second kappa shape index (κ2) is 11.2. The van der Waals surface area contributed by atoms with Crippen molar-refractivity contribution in [3.8, 4) is 11.3 Å². The van der Waals surface area contributed by atoms with Gasteiger partial charge in [-0.1, -0.05) is 24.3 Å². The number of fused-ring (bicyclic) bond motifs is 1. The van der Waals surface area contributed by atoms with E-state index in [1.165, 1.54) is 30.9 Å². The predicted molar refractivity (Wildman–Crippen MR) is 142 cm³/mol. The fraction of sp³-hybridized carbons (Fsp3) is 0.185. The second-order valence-electron chi connectivity index (χ2n) is 8.51. The molecule has 2 aromatic heterocycles. The van der Waals surface area contributed by atoms with Crippen LogP contribution >= 0.6 is 0 Å². The Balaban J connectivity index is 1.61. The van der Waals surface area contributed by atoms with Gasteiger partial charge >= 0.3 is 6.18 Å². The molecular weight excluding hydrogens is 479 g/mol. The first-order valence-corrected chi connectivity index (χ1v) is 11.5. The highest BCUT2D eigenvalue weighted by atomic mass is 19.4. The van der Waals surface area contributed by atoms with Gasteiger partial charge in [0, 0.05) is 47.4 Å². The molecule has 2 heterocycles. The number of alkyl halides is 3. The Kier molecular flexibility index (Phi) is 7.78. The van der Waals surface area contributed by atoms with E-state index in [1.54, 1.807) is 24.4 Å². The first-order chi connectivity index (χ1) is 17.8. The highest BCUT2D eigenvalue weighted by Crippen LogP contribution is 2.37. The van der Waals surface area contributed by atoms with Crippen LogP contribution in [0.2, 0.25) is 0 Å². The number of rotatable bonds is 8. The zero-order chi connectivity index (χ0) is 26.4. The molecule has 0 aliphatic rings. The van der Waals surface area contributed by atoms with Crippen LogP contribution in [0.25, 0.3) is 27.7 Å². The van der Waals surface area contributed by atoms with Crippen LogP contribution in [-0.2, 0) is 6.18 Å². The molecule has 0 aliphatic carbocycles. The van der Waals surface area contributed by atoms with E-state index in [2.05, 4.69) is 25.3 Å². The smallest absolute Gasteiger partial charge is 0.404 e. The molecule has 0 amide bonds. The standard InChI is InChI=1S/C27H26F3N7/c1-37(2)12-11-32-16-19(15-31)18-7-8-22-24(13-18)34-17-35-26(22)36-20-9-10-33-25(14-20)21-5-3-4-6-23(21)27(28,29)30/h3-10,13-17H,11-12,31H2,1-2H3,(H,33,34,35,36). The van der Waals surface area contributed by atoms with E-state index in [9.17, 15) is 13.2 Å². The lowest BCUT2D eigenvalue weighted by molar-refractivity contribution is -0.137. The van der Waals surface area contributed by atoms with Crippen LogP contribution in [0.15, 0.2) is 78.3 Å². The number of nitrogens with one attached hydrogen (secondary N) is 1. The molecule has 4 aromatic rings. The summed E-state index contributed by atoms with van der Waals surface area (Å²) in [5.41, 5.74) is 8.13. The number of hydrogen-bond acceptors (Lipinski definition) is 7. The van der Waals surface area contributed by atoms with Gasteiger partial charge in [-0.2, -0.15) is 13.2 Å². The Morgan fingerprint density at radius 1 is 1.05 bits per heavy atom. The van der Waals surface area contributed by atoms with Gasteiger partial charge in [0.25, 0.3) is 0 Å². The summed E-state index contributed by atoms with van der Waals surface area (Å²) in [4.78, 5) is 19.4. The lowest BCUT2D eigenvalue weighted by Crippen LogP contribution is -2.15. The lowest BCUT2D eigenvalue weighted by Gasteiger charge is -2.14. The van der Waals surface area contributed by atoms with Gasteiger partial charge in [-0.15, -0.1) is 0 Å². The van der Waals surface area contributed by atoms with Crippen LogP contribution in [0.4, 0.5) is 24.7 Å². The van der Waals surface area contributed by atoms with E-state index in [4.69, 9.17) is 5.73 Å². The minimum absolute atomic E-state index is 0.00387. The van der Waals surface area contributed by atoms with Crippen LogP contribution in [-0.4, -0.2) is 53.3 Å². The Bertz CT molecular complexity index is 1450. The van der Waals surface area contributed by atoms with E-state index < -0.39 is 11.7 Å². The molecule has 0 unspecified atom stereocenters. The molecule has 190 valence electrons. The molecule has 0 bridgehead atoms. The molecule has 0 aliphatic heterocycles. The molecule has 10 heteroatoms. The highest BCUT2D eigenvalue weighted by molar-refractivity contribution is 6.10. The topological polar surface area (TPSA) is 92.3 Å². The molecule has 0 radical (unpaired) electrons. The molecule has 37 heavy (non-hydrogen) atoms. The maximum atomic E-state index is 13.5. The van der Waals surface area contributed by atoms with Crippen LogP contribution in [0.5, 0.6) is 0 Å². The molecule has 0 fully saturated rings. The molecule has 2 aromatic carbocycles. The number of nitrogens with zero attached hydrogens (tertiary/aromatic N) is 5. The monoisotopic (exact) mass is 505 g/mol. The van der Waals surface area contributed by atoms with Crippen molar-refractivity contribution < 1.29 is 13.2 Å². The second-order valence-corrected chi connectivity index (χ2v) is 8.51.